The van der Waals surface area contributed by atoms with E-state index in [4.69, 9.17) is 0 Å². The molecule has 1 aromatic heterocycles. The normalized spacial score (nSPS) is 15.1. The lowest BCUT2D eigenvalue weighted by Crippen LogP contribution is -2.54. The van der Waals surface area contributed by atoms with Crippen LogP contribution in [0.5, 0.6) is 0 Å². The number of imide groups is 2. The van der Waals surface area contributed by atoms with Gasteiger partial charge in [0.05, 0.1) is 16.9 Å². The van der Waals surface area contributed by atoms with E-state index in [1.807, 2.05) is 26.0 Å². The van der Waals surface area contributed by atoms with Crippen LogP contribution < -0.4 is 10.2 Å². The summed E-state index contributed by atoms with van der Waals surface area (Å²) < 4.78 is 1.76. The molecule has 4 rings (SSSR count). The molecule has 0 atom stereocenters. The first kappa shape index (κ1) is 22.7. The van der Waals surface area contributed by atoms with E-state index in [2.05, 4.69) is 5.32 Å². The summed E-state index contributed by atoms with van der Waals surface area (Å²) in [6, 6.07) is 14.5. The largest absolute Gasteiger partial charge is 0.478 e. The zero-order chi connectivity index (χ0) is 24.6. The summed E-state index contributed by atoms with van der Waals surface area (Å²) in [5, 5.41) is 11.8. The van der Waals surface area contributed by atoms with Crippen molar-refractivity contribution in [1.29, 1.82) is 0 Å². The predicted octanol–water partition coefficient (Wildman–Crippen LogP) is 4.02. The van der Waals surface area contributed by atoms with E-state index in [9.17, 15) is 24.3 Å². The van der Waals surface area contributed by atoms with E-state index < -0.39 is 23.8 Å². The molecule has 34 heavy (non-hydrogen) atoms. The number of amides is 4. The van der Waals surface area contributed by atoms with Crippen LogP contribution in [0.1, 0.15) is 39.8 Å². The smallest absolute Gasteiger partial charge is 0.337 e. The van der Waals surface area contributed by atoms with Crippen LogP contribution in [-0.4, -0.2) is 33.5 Å². The summed E-state index contributed by atoms with van der Waals surface area (Å²) >= 11 is 0. The number of carboxylic acid groups (broad SMARTS) is 1. The molecule has 8 nitrogen and oxygen atoms in total. The molecule has 172 valence electrons. The average molecular weight is 457 g/mol. The Balaban J connectivity index is 1.77. The van der Waals surface area contributed by atoms with Gasteiger partial charge in [0, 0.05) is 11.4 Å². The minimum Gasteiger partial charge on any atom is -0.478 e. The summed E-state index contributed by atoms with van der Waals surface area (Å²) in [6.07, 6.45) is 2.24. The van der Waals surface area contributed by atoms with Gasteiger partial charge >= 0.3 is 12.0 Å². The number of hydrogen-bond acceptors (Lipinski definition) is 4. The lowest BCUT2D eigenvalue weighted by molar-refractivity contribution is -0.122. The second-order valence-corrected chi connectivity index (χ2v) is 7.96. The van der Waals surface area contributed by atoms with Crippen molar-refractivity contribution in [3.63, 3.8) is 0 Å². The van der Waals surface area contributed by atoms with Gasteiger partial charge in [-0.15, -0.1) is 0 Å². The number of hydrogen-bond donors (Lipinski definition) is 2. The molecule has 1 fully saturated rings. The number of para-hydroxylation sites is 1. The number of aromatic carboxylic acids is 1. The van der Waals surface area contributed by atoms with Gasteiger partial charge in [0.25, 0.3) is 11.8 Å². The van der Waals surface area contributed by atoms with Crippen LogP contribution in [0.25, 0.3) is 11.8 Å². The van der Waals surface area contributed by atoms with Crippen molar-refractivity contribution in [3.8, 4) is 5.69 Å². The Morgan fingerprint density at radius 2 is 1.71 bits per heavy atom. The number of benzene rings is 2. The van der Waals surface area contributed by atoms with Gasteiger partial charge in [-0.3, -0.25) is 14.9 Å². The van der Waals surface area contributed by atoms with Gasteiger partial charge in [-0.05, 0) is 67.8 Å². The first-order chi connectivity index (χ1) is 16.2. The van der Waals surface area contributed by atoms with Crippen molar-refractivity contribution in [3.05, 3.63) is 88.2 Å². The van der Waals surface area contributed by atoms with Crippen LogP contribution in [0.3, 0.4) is 0 Å². The van der Waals surface area contributed by atoms with E-state index >= 15 is 0 Å². The number of nitrogens with one attached hydrogen (secondary N) is 1. The third kappa shape index (κ3) is 3.90. The Hall–Kier alpha value is -4.46. The van der Waals surface area contributed by atoms with Crippen LogP contribution in [0, 0.1) is 13.8 Å². The van der Waals surface area contributed by atoms with Gasteiger partial charge in [0.2, 0.25) is 0 Å². The van der Waals surface area contributed by atoms with Gasteiger partial charge in [0.15, 0.2) is 0 Å². The first-order valence-corrected chi connectivity index (χ1v) is 10.7. The summed E-state index contributed by atoms with van der Waals surface area (Å²) in [6.45, 7) is 5.58. The zero-order valence-corrected chi connectivity index (χ0v) is 19.0. The monoisotopic (exact) mass is 457 g/mol. The van der Waals surface area contributed by atoms with E-state index in [1.54, 1.807) is 47.9 Å². The highest BCUT2D eigenvalue weighted by Gasteiger charge is 2.37. The van der Waals surface area contributed by atoms with Crippen LogP contribution >= 0.6 is 0 Å². The summed E-state index contributed by atoms with van der Waals surface area (Å²) in [7, 11) is 0. The van der Waals surface area contributed by atoms with Crippen molar-refractivity contribution >= 4 is 35.6 Å². The predicted molar refractivity (Wildman–Crippen MR) is 127 cm³/mol. The molecule has 0 radical (unpaired) electrons. The van der Waals surface area contributed by atoms with Crippen LogP contribution in [0.4, 0.5) is 10.5 Å². The van der Waals surface area contributed by atoms with E-state index in [0.29, 0.717) is 22.6 Å². The molecule has 2 aromatic carbocycles. The number of anilines is 1. The Kier molecular flexibility index (Phi) is 5.89. The fourth-order valence-corrected chi connectivity index (χ4v) is 4.08. The maximum absolute atomic E-state index is 13.2. The third-order valence-corrected chi connectivity index (χ3v) is 5.85. The van der Waals surface area contributed by atoms with Crippen molar-refractivity contribution in [2.75, 3.05) is 4.90 Å². The number of barbiturate groups is 1. The average Bonchev–Trinajstić information content (AvgIpc) is 3.09. The first-order valence-electron chi connectivity index (χ1n) is 10.7. The Morgan fingerprint density at radius 1 is 1.03 bits per heavy atom. The topological polar surface area (TPSA) is 109 Å². The van der Waals surface area contributed by atoms with Crippen molar-refractivity contribution in [1.82, 2.24) is 9.88 Å². The molecule has 2 heterocycles. The van der Waals surface area contributed by atoms with Gasteiger partial charge in [-0.25, -0.2) is 14.5 Å². The maximum atomic E-state index is 13.2. The molecule has 0 bridgehead atoms. The number of nitrogens with zero attached hydrogens (tertiary/aromatic N) is 2. The lowest BCUT2D eigenvalue weighted by atomic mass is 10.1. The van der Waals surface area contributed by atoms with Crippen molar-refractivity contribution in [2.24, 2.45) is 0 Å². The highest BCUT2D eigenvalue weighted by Crippen LogP contribution is 2.27. The molecule has 8 heteroatoms. The quantitative estimate of drug-likeness (QED) is 0.444. The molecule has 0 aliphatic carbocycles. The molecule has 0 spiro atoms. The van der Waals surface area contributed by atoms with E-state index in [1.165, 1.54) is 12.1 Å². The number of rotatable bonds is 5. The van der Waals surface area contributed by atoms with Gasteiger partial charge in [0.1, 0.15) is 5.57 Å². The number of aromatic nitrogens is 1. The number of carbonyl (C=O) groups excluding carboxylic acids is 3. The second-order valence-electron chi connectivity index (χ2n) is 7.96. The fourth-order valence-electron chi connectivity index (χ4n) is 4.08. The van der Waals surface area contributed by atoms with Gasteiger partial charge in [-0.1, -0.05) is 31.2 Å². The molecule has 1 saturated heterocycles. The third-order valence-electron chi connectivity index (χ3n) is 5.85. The number of carbonyl (C=O) groups is 4. The second kappa shape index (κ2) is 8.82. The molecule has 3 aromatic rings. The maximum Gasteiger partial charge on any atom is 0.337 e. The number of aryl methyl sites for hydroxylation is 2. The number of carboxylic acids is 1. The molecular weight excluding hydrogens is 434 g/mol. The van der Waals surface area contributed by atoms with Gasteiger partial charge in [-0.2, -0.15) is 0 Å². The summed E-state index contributed by atoms with van der Waals surface area (Å²) in [5.74, 6) is -2.58. The summed E-state index contributed by atoms with van der Waals surface area (Å²) in [5.41, 5.74) is 3.76. The van der Waals surface area contributed by atoms with Gasteiger partial charge < -0.3 is 9.67 Å². The van der Waals surface area contributed by atoms with Crippen LogP contribution in [-0.2, 0) is 16.0 Å². The van der Waals surface area contributed by atoms with Crippen molar-refractivity contribution < 1.29 is 24.3 Å². The Morgan fingerprint density at radius 3 is 2.35 bits per heavy atom. The van der Waals surface area contributed by atoms with E-state index in [-0.39, 0.29) is 11.1 Å². The molecular formula is C26H23N3O5. The highest BCUT2D eigenvalue weighted by atomic mass is 16.4. The SMILES string of the molecule is CCc1ccc(N2C(=O)NC(=O)/C(=C/c3cc(C)n(-c4ccccc4C(=O)O)c3C)C2=O)cc1. The molecule has 4 amide bonds. The highest BCUT2D eigenvalue weighted by molar-refractivity contribution is 6.39. The number of urea groups is 1. The van der Waals surface area contributed by atoms with Crippen LogP contribution in [0.2, 0.25) is 0 Å². The van der Waals surface area contributed by atoms with Crippen molar-refractivity contribution in [2.45, 2.75) is 27.2 Å². The Labute approximate surface area is 196 Å². The zero-order valence-electron chi connectivity index (χ0n) is 19.0. The fraction of sp³-hybridized carbons (Fsp3) is 0.154. The van der Waals surface area contributed by atoms with E-state index in [0.717, 1.165) is 22.6 Å². The van der Waals surface area contributed by atoms with Crippen LogP contribution in [0.15, 0.2) is 60.2 Å². The molecule has 0 unspecified atom stereocenters. The standard InChI is InChI=1S/C26H23N3O5/c1-4-17-9-11-19(12-10-17)29-24(31)21(23(30)27-26(29)34)14-18-13-15(2)28(16(18)3)22-8-6-5-7-20(22)25(32)33/h5-14H,4H2,1-3H3,(H,32,33)(H,27,30,34)/b21-14-. The Bertz CT molecular complexity index is 1370. The minimum atomic E-state index is -1.06. The molecule has 0 saturated carbocycles. The molecule has 1 aliphatic heterocycles. The molecule has 1 aliphatic rings. The lowest BCUT2D eigenvalue weighted by Gasteiger charge is -2.26. The molecule has 2 N–H and O–H groups in total. The summed E-state index contributed by atoms with van der Waals surface area (Å²) in [4.78, 5) is 50.9. The minimum absolute atomic E-state index is 0.127.